The van der Waals surface area contributed by atoms with Crippen LogP contribution in [0.5, 0.6) is 11.5 Å². The van der Waals surface area contributed by atoms with Gasteiger partial charge >= 0.3 is 0 Å². The first kappa shape index (κ1) is 30.7. The van der Waals surface area contributed by atoms with Gasteiger partial charge in [0.2, 0.25) is 0 Å². The summed E-state index contributed by atoms with van der Waals surface area (Å²) in [6, 6.07) is 4.46. The molecule has 0 aliphatic heterocycles. The summed E-state index contributed by atoms with van der Waals surface area (Å²) in [7, 11) is 0. The molecule has 2 N–H and O–H groups in total. The quantitative estimate of drug-likeness (QED) is 0.236. The Hall–Kier alpha value is -2.48. The van der Waals surface area contributed by atoms with E-state index in [0.29, 0.717) is 24.3 Å². The van der Waals surface area contributed by atoms with E-state index >= 15 is 0 Å². The summed E-state index contributed by atoms with van der Waals surface area (Å²) in [6.45, 7) is 27.8. The number of hydrogen-bond donors (Lipinski definition) is 2. The zero-order chi connectivity index (χ0) is 28.1. The summed E-state index contributed by atoms with van der Waals surface area (Å²) in [5.74, 6) is 0.943. The number of allylic oxidation sites excluding steroid dienone is 2. The van der Waals surface area contributed by atoms with Crippen molar-refractivity contribution < 1.29 is 10.2 Å². The van der Waals surface area contributed by atoms with Crippen molar-refractivity contribution in [2.75, 3.05) is 0 Å². The average Bonchev–Trinajstić information content (AvgIpc) is 2.78. The van der Waals surface area contributed by atoms with Gasteiger partial charge in [-0.2, -0.15) is 0 Å². The van der Waals surface area contributed by atoms with Gasteiger partial charge < -0.3 is 10.2 Å². The number of aryl methyl sites for hydroxylation is 2. The third-order valence-corrected chi connectivity index (χ3v) is 7.54. The first-order valence-corrected chi connectivity index (χ1v) is 14.1. The minimum absolute atomic E-state index is 0.154. The Morgan fingerprint density at radius 1 is 0.730 bits per heavy atom. The van der Waals surface area contributed by atoms with E-state index in [1.807, 2.05) is 26.0 Å². The standard InChI is InChI=1S/C35H52O2/c1-12-15-16-17-20-25(28-21-23(4)32(36)26(18-13-2)30(28)34(6,7)8)29-22-24(5)33(37)27(19-14-3)31(29)35(9,10)11/h13-14,21-22,25,36-37H,2-3,12,15-20H2,1,4-11H3. The average molecular weight is 505 g/mol. The van der Waals surface area contributed by atoms with E-state index in [-0.39, 0.29) is 16.7 Å². The summed E-state index contributed by atoms with van der Waals surface area (Å²) in [5, 5.41) is 22.4. The van der Waals surface area contributed by atoms with Crippen molar-refractivity contribution in [3.63, 3.8) is 0 Å². The predicted molar refractivity (Wildman–Crippen MR) is 161 cm³/mol. The molecule has 0 atom stereocenters. The molecular formula is C35H52O2. The molecular weight excluding hydrogens is 452 g/mol. The predicted octanol–water partition coefficient (Wildman–Crippen LogP) is 9.87. The molecule has 2 aromatic carbocycles. The molecule has 0 unspecified atom stereocenters. The van der Waals surface area contributed by atoms with Crippen molar-refractivity contribution in [2.45, 2.75) is 124 Å². The zero-order valence-electron chi connectivity index (χ0n) is 25.1. The van der Waals surface area contributed by atoms with Crippen LogP contribution in [0.25, 0.3) is 0 Å². The molecule has 0 radical (unpaired) electrons. The van der Waals surface area contributed by atoms with Gasteiger partial charge in [-0.15, -0.1) is 13.2 Å². The van der Waals surface area contributed by atoms with Crippen LogP contribution in [0.2, 0.25) is 0 Å². The van der Waals surface area contributed by atoms with Crippen molar-refractivity contribution in [2.24, 2.45) is 0 Å². The third-order valence-electron chi connectivity index (χ3n) is 7.54. The van der Waals surface area contributed by atoms with Gasteiger partial charge in [0.1, 0.15) is 11.5 Å². The number of phenolic OH excluding ortho intramolecular Hbond substituents is 2. The maximum Gasteiger partial charge on any atom is 0.122 e. The molecule has 0 bridgehead atoms. The Labute approximate surface area is 227 Å². The van der Waals surface area contributed by atoms with E-state index in [0.717, 1.165) is 35.1 Å². The smallest absolute Gasteiger partial charge is 0.122 e. The van der Waals surface area contributed by atoms with E-state index < -0.39 is 0 Å². The van der Waals surface area contributed by atoms with Crippen LogP contribution >= 0.6 is 0 Å². The summed E-state index contributed by atoms with van der Waals surface area (Å²) in [6.07, 6.45) is 10.9. The number of aromatic hydroxyl groups is 2. The second-order valence-corrected chi connectivity index (χ2v) is 12.9. The fraction of sp³-hybridized carbons (Fsp3) is 0.543. The molecule has 0 amide bonds. The van der Waals surface area contributed by atoms with Gasteiger partial charge in [0.05, 0.1) is 0 Å². The maximum atomic E-state index is 11.2. The van der Waals surface area contributed by atoms with Crippen LogP contribution in [-0.2, 0) is 23.7 Å². The van der Waals surface area contributed by atoms with Gasteiger partial charge in [-0.3, -0.25) is 0 Å². The minimum atomic E-state index is -0.154. The molecule has 0 saturated heterocycles. The molecule has 204 valence electrons. The molecule has 0 aliphatic rings. The van der Waals surface area contributed by atoms with Crippen LogP contribution in [0.15, 0.2) is 37.4 Å². The van der Waals surface area contributed by atoms with Gasteiger partial charge in [0.15, 0.2) is 0 Å². The van der Waals surface area contributed by atoms with Crippen LogP contribution in [0.3, 0.4) is 0 Å². The highest BCUT2D eigenvalue weighted by molar-refractivity contribution is 5.60. The normalized spacial score (nSPS) is 12.3. The van der Waals surface area contributed by atoms with E-state index in [4.69, 9.17) is 0 Å². The summed E-state index contributed by atoms with van der Waals surface area (Å²) < 4.78 is 0. The maximum absolute atomic E-state index is 11.2. The van der Waals surface area contributed by atoms with Crippen LogP contribution < -0.4 is 0 Å². The number of phenols is 2. The lowest BCUT2D eigenvalue weighted by molar-refractivity contribution is 0.454. The van der Waals surface area contributed by atoms with Gasteiger partial charge in [-0.1, -0.05) is 98.4 Å². The Morgan fingerprint density at radius 2 is 1.14 bits per heavy atom. The lowest BCUT2D eigenvalue weighted by atomic mass is 9.69. The summed E-state index contributed by atoms with van der Waals surface area (Å²) in [5.41, 5.74) is 8.57. The van der Waals surface area contributed by atoms with Crippen LogP contribution in [0.4, 0.5) is 0 Å². The highest BCUT2D eigenvalue weighted by atomic mass is 16.3. The zero-order valence-corrected chi connectivity index (χ0v) is 25.1. The van der Waals surface area contributed by atoms with Gasteiger partial charge in [0.25, 0.3) is 0 Å². The van der Waals surface area contributed by atoms with Gasteiger partial charge in [-0.05, 0) is 77.3 Å². The molecule has 0 aliphatic carbocycles. The van der Waals surface area contributed by atoms with Crippen LogP contribution in [-0.4, -0.2) is 10.2 Å². The monoisotopic (exact) mass is 504 g/mol. The van der Waals surface area contributed by atoms with E-state index in [1.165, 1.54) is 41.5 Å². The fourth-order valence-corrected chi connectivity index (χ4v) is 6.07. The number of benzene rings is 2. The Bertz CT molecular complexity index is 1020. The Morgan fingerprint density at radius 3 is 1.46 bits per heavy atom. The Kier molecular flexibility index (Phi) is 10.3. The highest BCUT2D eigenvalue weighted by Crippen LogP contribution is 2.48. The molecule has 0 saturated carbocycles. The van der Waals surface area contributed by atoms with Crippen molar-refractivity contribution >= 4 is 0 Å². The van der Waals surface area contributed by atoms with E-state index in [2.05, 4.69) is 73.8 Å². The SMILES string of the molecule is C=CCc1c(O)c(C)cc(C(CCCCCC)c2cc(C)c(O)c(CC=C)c2C(C)(C)C)c1C(C)(C)C. The van der Waals surface area contributed by atoms with E-state index in [1.54, 1.807) is 0 Å². The highest BCUT2D eigenvalue weighted by Gasteiger charge is 2.33. The summed E-state index contributed by atoms with van der Waals surface area (Å²) in [4.78, 5) is 0. The van der Waals surface area contributed by atoms with Crippen molar-refractivity contribution in [1.29, 1.82) is 0 Å². The number of rotatable bonds is 11. The molecule has 2 aromatic rings. The number of unbranched alkanes of at least 4 members (excludes halogenated alkanes) is 3. The third kappa shape index (κ3) is 6.89. The van der Waals surface area contributed by atoms with Crippen molar-refractivity contribution in [3.05, 3.63) is 82.0 Å². The first-order chi connectivity index (χ1) is 17.2. The molecule has 2 heteroatoms. The lowest BCUT2D eigenvalue weighted by Gasteiger charge is -2.35. The molecule has 2 nitrogen and oxygen atoms in total. The first-order valence-electron chi connectivity index (χ1n) is 14.1. The molecule has 0 fully saturated rings. The largest absolute Gasteiger partial charge is 0.507 e. The minimum Gasteiger partial charge on any atom is -0.507 e. The van der Waals surface area contributed by atoms with Crippen molar-refractivity contribution in [1.82, 2.24) is 0 Å². The molecule has 0 aromatic heterocycles. The van der Waals surface area contributed by atoms with Crippen LogP contribution in [0.1, 0.15) is 131 Å². The lowest BCUT2D eigenvalue weighted by Crippen LogP contribution is -2.24. The van der Waals surface area contributed by atoms with Gasteiger partial charge in [-0.25, -0.2) is 0 Å². The molecule has 37 heavy (non-hydrogen) atoms. The number of hydrogen-bond acceptors (Lipinski definition) is 2. The Balaban J connectivity index is 3.05. The van der Waals surface area contributed by atoms with E-state index in [9.17, 15) is 10.2 Å². The molecule has 0 spiro atoms. The van der Waals surface area contributed by atoms with Crippen molar-refractivity contribution in [3.8, 4) is 11.5 Å². The van der Waals surface area contributed by atoms with Crippen LogP contribution in [0, 0.1) is 13.8 Å². The topological polar surface area (TPSA) is 40.5 Å². The second kappa shape index (κ2) is 12.4. The van der Waals surface area contributed by atoms with Gasteiger partial charge in [0, 0.05) is 17.0 Å². The fourth-order valence-electron chi connectivity index (χ4n) is 6.07. The molecule has 2 rings (SSSR count). The summed E-state index contributed by atoms with van der Waals surface area (Å²) >= 11 is 0. The molecule has 0 heterocycles. The second-order valence-electron chi connectivity index (χ2n) is 12.9.